The average molecular weight is 276 g/mol. The third-order valence-electron chi connectivity index (χ3n) is 4.47. The van der Waals surface area contributed by atoms with Crippen molar-refractivity contribution in [1.29, 1.82) is 0 Å². The first-order valence-corrected chi connectivity index (χ1v) is 8.43. The molecule has 1 atom stereocenters. The number of likely N-dealkylation sites (tertiary alicyclic amines) is 1. The van der Waals surface area contributed by atoms with Crippen LogP contribution in [0.5, 0.6) is 0 Å². The fourth-order valence-corrected chi connectivity index (χ4v) is 4.21. The molecule has 0 aromatic heterocycles. The molecule has 2 nitrogen and oxygen atoms in total. The number of hydrogen-bond donors (Lipinski definition) is 1. The second-order valence-electron chi connectivity index (χ2n) is 5.97. The standard InChI is InChI=1S/C16H24N2S/c1-2-19-15-5-3-4-14(10-15)11-18-9-7-16(13-18)6-8-17-12-16/h3-5,10,17H,2,6-9,11-13H2,1H3. The van der Waals surface area contributed by atoms with Crippen LogP contribution < -0.4 is 5.32 Å². The van der Waals surface area contributed by atoms with Crippen molar-refractivity contribution in [2.75, 3.05) is 31.9 Å². The molecule has 1 spiro atoms. The predicted molar refractivity (Wildman–Crippen MR) is 82.7 cm³/mol. The second-order valence-corrected chi connectivity index (χ2v) is 7.31. The Kier molecular flexibility index (Phi) is 4.15. The van der Waals surface area contributed by atoms with Gasteiger partial charge >= 0.3 is 0 Å². The van der Waals surface area contributed by atoms with Crippen LogP contribution in [0.2, 0.25) is 0 Å². The smallest absolute Gasteiger partial charge is 0.0234 e. The Hall–Kier alpha value is -0.510. The van der Waals surface area contributed by atoms with Crippen LogP contribution in [0.4, 0.5) is 0 Å². The molecule has 1 unspecified atom stereocenters. The Morgan fingerprint density at radius 1 is 1.37 bits per heavy atom. The number of benzene rings is 1. The lowest BCUT2D eigenvalue weighted by molar-refractivity contribution is 0.268. The van der Waals surface area contributed by atoms with E-state index >= 15 is 0 Å². The maximum absolute atomic E-state index is 3.54. The van der Waals surface area contributed by atoms with Crippen LogP contribution in [-0.2, 0) is 6.54 Å². The molecule has 19 heavy (non-hydrogen) atoms. The van der Waals surface area contributed by atoms with E-state index in [2.05, 4.69) is 41.4 Å². The van der Waals surface area contributed by atoms with E-state index in [0.717, 1.165) is 12.3 Å². The minimum atomic E-state index is 0.593. The topological polar surface area (TPSA) is 15.3 Å². The normalized spacial score (nSPS) is 27.4. The Morgan fingerprint density at radius 3 is 3.11 bits per heavy atom. The number of thioether (sulfide) groups is 1. The summed E-state index contributed by atoms with van der Waals surface area (Å²) in [5, 5.41) is 3.54. The molecule has 1 aromatic carbocycles. The predicted octanol–water partition coefficient (Wildman–Crippen LogP) is 2.98. The number of nitrogens with one attached hydrogen (secondary N) is 1. The van der Waals surface area contributed by atoms with Crippen LogP contribution >= 0.6 is 11.8 Å². The molecule has 3 rings (SSSR count). The third-order valence-corrected chi connectivity index (χ3v) is 5.34. The maximum Gasteiger partial charge on any atom is 0.0234 e. The molecule has 2 aliphatic rings. The van der Waals surface area contributed by atoms with Gasteiger partial charge in [0.05, 0.1) is 0 Å². The van der Waals surface area contributed by atoms with E-state index in [0.29, 0.717) is 5.41 Å². The molecule has 0 bridgehead atoms. The molecule has 0 saturated carbocycles. The molecule has 104 valence electrons. The molecule has 2 heterocycles. The molecular formula is C16H24N2S. The Balaban J connectivity index is 1.61. The third kappa shape index (κ3) is 3.15. The first-order valence-electron chi connectivity index (χ1n) is 7.44. The van der Waals surface area contributed by atoms with E-state index in [4.69, 9.17) is 0 Å². The lowest BCUT2D eigenvalue weighted by Crippen LogP contribution is -2.28. The van der Waals surface area contributed by atoms with Crippen LogP contribution in [0.3, 0.4) is 0 Å². The van der Waals surface area contributed by atoms with Gasteiger partial charge in [-0.2, -0.15) is 0 Å². The summed E-state index contributed by atoms with van der Waals surface area (Å²) in [6, 6.07) is 9.07. The zero-order valence-corrected chi connectivity index (χ0v) is 12.6. The zero-order valence-electron chi connectivity index (χ0n) is 11.8. The average Bonchev–Trinajstić information content (AvgIpc) is 3.02. The molecule has 2 saturated heterocycles. The first kappa shape index (κ1) is 13.5. The Labute approximate surface area is 121 Å². The van der Waals surface area contributed by atoms with Crippen molar-refractivity contribution in [2.24, 2.45) is 5.41 Å². The van der Waals surface area contributed by atoms with Crippen LogP contribution in [0, 0.1) is 5.41 Å². The van der Waals surface area contributed by atoms with Crippen molar-refractivity contribution in [3.05, 3.63) is 29.8 Å². The number of rotatable bonds is 4. The lowest BCUT2D eigenvalue weighted by Gasteiger charge is -2.23. The van der Waals surface area contributed by atoms with Crippen molar-refractivity contribution < 1.29 is 0 Å². The monoisotopic (exact) mass is 276 g/mol. The molecule has 1 aromatic rings. The summed E-state index contributed by atoms with van der Waals surface area (Å²) in [5.41, 5.74) is 2.07. The molecule has 2 aliphatic heterocycles. The number of hydrogen-bond acceptors (Lipinski definition) is 3. The van der Waals surface area contributed by atoms with Gasteiger partial charge in [-0.3, -0.25) is 4.90 Å². The molecular weight excluding hydrogens is 252 g/mol. The summed E-state index contributed by atoms with van der Waals surface area (Å²) in [7, 11) is 0. The van der Waals surface area contributed by atoms with Gasteiger partial charge in [-0.15, -0.1) is 11.8 Å². The highest BCUT2D eigenvalue weighted by molar-refractivity contribution is 7.99. The Bertz CT molecular complexity index is 427. The highest BCUT2D eigenvalue weighted by atomic mass is 32.2. The van der Waals surface area contributed by atoms with Crippen LogP contribution in [0.1, 0.15) is 25.3 Å². The Morgan fingerprint density at radius 2 is 2.32 bits per heavy atom. The van der Waals surface area contributed by atoms with Gasteiger partial charge in [0.1, 0.15) is 0 Å². The van der Waals surface area contributed by atoms with E-state index in [1.165, 1.54) is 49.5 Å². The van der Waals surface area contributed by atoms with Crippen molar-refractivity contribution in [3.63, 3.8) is 0 Å². The molecule has 0 radical (unpaired) electrons. The number of nitrogens with zero attached hydrogens (tertiary/aromatic N) is 1. The minimum absolute atomic E-state index is 0.593. The molecule has 0 amide bonds. The minimum Gasteiger partial charge on any atom is -0.316 e. The highest BCUT2D eigenvalue weighted by Gasteiger charge is 2.39. The van der Waals surface area contributed by atoms with Gasteiger partial charge in [0.25, 0.3) is 0 Å². The quantitative estimate of drug-likeness (QED) is 0.851. The van der Waals surface area contributed by atoms with E-state index in [1.54, 1.807) is 0 Å². The van der Waals surface area contributed by atoms with Crippen molar-refractivity contribution in [1.82, 2.24) is 10.2 Å². The van der Waals surface area contributed by atoms with Gasteiger partial charge in [0.2, 0.25) is 0 Å². The van der Waals surface area contributed by atoms with E-state index in [-0.39, 0.29) is 0 Å². The van der Waals surface area contributed by atoms with Crippen molar-refractivity contribution >= 4 is 11.8 Å². The van der Waals surface area contributed by atoms with E-state index in [9.17, 15) is 0 Å². The fourth-order valence-electron chi connectivity index (χ4n) is 3.47. The van der Waals surface area contributed by atoms with Crippen LogP contribution in [0.25, 0.3) is 0 Å². The summed E-state index contributed by atoms with van der Waals surface area (Å²) < 4.78 is 0. The van der Waals surface area contributed by atoms with Gasteiger partial charge in [-0.25, -0.2) is 0 Å². The summed E-state index contributed by atoms with van der Waals surface area (Å²) in [5.74, 6) is 1.15. The lowest BCUT2D eigenvalue weighted by atomic mass is 9.87. The first-order chi connectivity index (χ1) is 9.30. The van der Waals surface area contributed by atoms with E-state index < -0.39 is 0 Å². The van der Waals surface area contributed by atoms with Gasteiger partial charge in [-0.05, 0) is 54.8 Å². The van der Waals surface area contributed by atoms with Crippen LogP contribution in [0.15, 0.2) is 29.2 Å². The van der Waals surface area contributed by atoms with Gasteiger partial charge in [0, 0.05) is 24.5 Å². The summed E-state index contributed by atoms with van der Waals surface area (Å²) >= 11 is 1.94. The largest absolute Gasteiger partial charge is 0.316 e. The van der Waals surface area contributed by atoms with Crippen molar-refractivity contribution in [3.8, 4) is 0 Å². The summed E-state index contributed by atoms with van der Waals surface area (Å²) in [6.45, 7) is 8.35. The van der Waals surface area contributed by atoms with Gasteiger partial charge in [0.15, 0.2) is 0 Å². The highest BCUT2D eigenvalue weighted by Crippen LogP contribution is 2.36. The molecule has 3 heteroatoms. The second kappa shape index (κ2) is 5.86. The van der Waals surface area contributed by atoms with Crippen LogP contribution in [-0.4, -0.2) is 36.8 Å². The van der Waals surface area contributed by atoms with Gasteiger partial charge < -0.3 is 5.32 Å². The maximum atomic E-state index is 3.54. The summed E-state index contributed by atoms with van der Waals surface area (Å²) in [4.78, 5) is 4.05. The molecule has 1 N–H and O–H groups in total. The van der Waals surface area contributed by atoms with Crippen molar-refractivity contribution in [2.45, 2.75) is 31.2 Å². The SMILES string of the molecule is CCSc1cccc(CN2CCC3(CCNC3)C2)c1. The summed E-state index contributed by atoms with van der Waals surface area (Å²) in [6.07, 6.45) is 2.75. The molecule has 0 aliphatic carbocycles. The fraction of sp³-hybridized carbons (Fsp3) is 0.625. The zero-order chi connectivity index (χ0) is 13.1. The van der Waals surface area contributed by atoms with Gasteiger partial charge in [-0.1, -0.05) is 19.1 Å². The van der Waals surface area contributed by atoms with E-state index in [1.807, 2.05) is 11.8 Å². The molecule has 2 fully saturated rings.